The molecule has 0 bridgehead atoms. The molecule has 3 rings (SSSR count). The molecule has 0 aliphatic rings. The Hall–Kier alpha value is -2.28. The van der Waals surface area contributed by atoms with Crippen molar-refractivity contribution in [1.82, 2.24) is 9.55 Å². The average molecular weight is 394 g/mol. The summed E-state index contributed by atoms with van der Waals surface area (Å²) in [6, 6.07) is 4.85. The largest absolute Gasteiger partial charge is 0.508 e. The molecule has 1 unspecified atom stereocenters. The number of aromatic nitrogens is 2. The number of aryl methyl sites for hydroxylation is 1. The normalized spacial score (nSPS) is 12.3. The van der Waals surface area contributed by atoms with E-state index in [9.17, 15) is 15.0 Å². The predicted molar refractivity (Wildman–Crippen MR) is 102 cm³/mol. The predicted octanol–water partition coefficient (Wildman–Crippen LogP) is 4.13. The Balaban J connectivity index is 1.97. The van der Waals surface area contributed by atoms with Crippen LogP contribution in [0.3, 0.4) is 0 Å². The van der Waals surface area contributed by atoms with E-state index >= 15 is 0 Å². The SMILES string of the molecule is CCCn1cc(C(O)C(=O)Nc2c(Cl)cncc2Cl)c2cc(O)ccc21. The summed E-state index contributed by atoms with van der Waals surface area (Å²) < 4.78 is 1.94. The molecule has 0 aliphatic heterocycles. The second kappa shape index (κ2) is 7.53. The van der Waals surface area contributed by atoms with Crippen LogP contribution in [0.15, 0.2) is 36.8 Å². The quantitative estimate of drug-likeness (QED) is 0.607. The van der Waals surface area contributed by atoms with Crippen LogP contribution in [-0.4, -0.2) is 25.7 Å². The van der Waals surface area contributed by atoms with Gasteiger partial charge in [-0.2, -0.15) is 0 Å². The van der Waals surface area contributed by atoms with Gasteiger partial charge in [0.25, 0.3) is 5.91 Å². The number of nitrogens with zero attached hydrogens (tertiary/aromatic N) is 2. The van der Waals surface area contributed by atoms with Crippen molar-refractivity contribution in [2.75, 3.05) is 5.32 Å². The van der Waals surface area contributed by atoms with Crippen molar-refractivity contribution in [1.29, 1.82) is 0 Å². The zero-order valence-corrected chi connectivity index (χ0v) is 15.4. The van der Waals surface area contributed by atoms with Crippen molar-refractivity contribution in [3.05, 3.63) is 52.4 Å². The summed E-state index contributed by atoms with van der Waals surface area (Å²) in [7, 11) is 0. The number of phenolic OH excluding ortho intramolecular Hbond substituents is 1. The molecule has 2 aromatic heterocycles. The molecule has 2 heterocycles. The number of rotatable bonds is 5. The number of pyridine rings is 1. The minimum absolute atomic E-state index is 0.0563. The number of phenols is 1. The maximum absolute atomic E-state index is 12.5. The molecular weight excluding hydrogens is 377 g/mol. The molecule has 0 saturated heterocycles. The summed E-state index contributed by atoms with van der Waals surface area (Å²) in [6.45, 7) is 2.75. The molecular formula is C18H17Cl2N3O3. The van der Waals surface area contributed by atoms with Crippen molar-refractivity contribution in [3.8, 4) is 5.75 Å². The van der Waals surface area contributed by atoms with Gasteiger partial charge in [-0.15, -0.1) is 0 Å². The number of aliphatic hydroxyl groups is 1. The molecule has 3 aromatic rings. The zero-order valence-electron chi connectivity index (χ0n) is 13.9. The van der Waals surface area contributed by atoms with Gasteiger partial charge >= 0.3 is 0 Å². The van der Waals surface area contributed by atoms with Crippen molar-refractivity contribution < 1.29 is 15.0 Å². The van der Waals surface area contributed by atoms with Gasteiger partial charge in [-0.3, -0.25) is 9.78 Å². The summed E-state index contributed by atoms with van der Waals surface area (Å²) >= 11 is 12.0. The standard InChI is InChI=1S/C18H17Cl2N3O3/c1-2-5-23-9-12(11-6-10(24)3-4-15(11)23)17(25)18(26)22-16-13(19)7-21-8-14(16)20/h3-4,6-9,17,24-25H,2,5H2,1H3,(H,21,22,26). The van der Waals surface area contributed by atoms with Gasteiger partial charge in [-0.1, -0.05) is 30.1 Å². The van der Waals surface area contributed by atoms with Crippen LogP contribution in [0.1, 0.15) is 25.0 Å². The van der Waals surface area contributed by atoms with Crippen molar-refractivity contribution >= 4 is 45.7 Å². The third-order valence-corrected chi connectivity index (χ3v) is 4.58. The number of aromatic hydroxyl groups is 1. The first-order valence-corrected chi connectivity index (χ1v) is 8.77. The Labute approximate surface area is 160 Å². The van der Waals surface area contributed by atoms with Gasteiger partial charge in [0.05, 0.1) is 15.7 Å². The first kappa shape index (κ1) is 18.5. The number of fused-ring (bicyclic) bond motifs is 1. The lowest BCUT2D eigenvalue weighted by molar-refractivity contribution is -0.124. The second-order valence-corrected chi connectivity index (χ2v) is 6.66. The average Bonchev–Trinajstić information content (AvgIpc) is 2.95. The lowest BCUT2D eigenvalue weighted by Crippen LogP contribution is -2.21. The van der Waals surface area contributed by atoms with Crippen LogP contribution in [0, 0.1) is 0 Å². The summed E-state index contributed by atoms with van der Waals surface area (Å²) in [5.41, 5.74) is 1.40. The van der Waals surface area contributed by atoms with Gasteiger partial charge < -0.3 is 20.1 Å². The number of aliphatic hydroxyl groups excluding tert-OH is 1. The highest BCUT2D eigenvalue weighted by Crippen LogP contribution is 2.33. The van der Waals surface area contributed by atoms with Gasteiger partial charge in [-0.25, -0.2) is 0 Å². The number of hydrogen-bond donors (Lipinski definition) is 3. The fourth-order valence-electron chi connectivity index (χ4n) is 2.82. The Morgan fingerprint density at radius 1 is 1.31 bits per heavy atom. The molecule has 3 N–H and O–H groups in total. The smallest absolute Gasteiger partial charge is 0.258 e. The number of carbonyl (C=O) groups is 1. The molecule has 26 heavy (non-hydrogen) atoms. The van der Waals surface area contributed by atoms with Crippen LogP contribution >= 0.6 is 23.2 Å². The van der Waals surface area contributed by atoms with Gasteiger partial charge in [0, 0.05) is 41.6 Å². The molecule has 0 saturated carbocycles. The fourth-order valence-corrected chi connectivity index (χ4v) is 3.28. The van der Waals surface area contributed by atoms with E-state index in [1.165, 1.54) is 18.5 Å². The van der Waals surface area contributed by atoms with Gasteiger partial charge in [0.2, 0.25) is 0 Å². The van der Waals surface area contributed by atoms with E-state index in [1.54, 1.807) is 18.3 Å². The zero-order chi connectivity index (χ0) is 18.8. The van der Waals surface area contributed by atoms with E-state index in [4.69, 9.17) is 23.2 Å². The van der Waals surface area contributed by atoms with E-state index in [2.05, 4.69) is 10.3 Å². The summed E-state index contributed by atoms with van der Waals surface area (Å²) in [4.78, 5) is 16.4. The summed E-state index contributed by atoms with van der Waals surface area (Å²) in [6.07, 6.45) is 3.83. The Bertz CT molecular complexity index is 951. The molecule has 0 spiro atoms. The number of amides is 1. The van der Waals surface area contributed by atoms with E-state index < -0.39 is 12.0 Å². The Morgan fingerprint density at radius 2 is 2.00 bits per heavy atom. The summed E-state index contributed by atoms with van der Waals surface area (Å²) in [5.74, 6) is -0.625. The van der Waals surface area contributed by atoms with E-state index in [-0.39, 0.29) is 21.5 Å². The Morgan fingerprint density at radius 3 is 2.65 bits per heavy atom. The first-order valence-electron chi connectivity index (χ1n) is 8.02. The second-order valence-electron chi connectivity index (χ2n) is 5.85. The van der Waals surface area contributed by atoms with Crippen molar-refractivity contribution in [2.45, 2.75) is 26.0 Å². The third-order valence-electron chi connectivity index (χ3n) is 4.00. The minimum Gasteiger partial charge on any atom is -0.508 e. The van der Waals surface area contributed by atoms with Crippen molar-refractivity contribution in [3.63, 3.8) is 0 Å². The highest BCUT2D eigenvalue weighted by molar-refractivity contribution is 6.39. The monoisotopic (exact) mass is 393 g/mol. The topological polar surface area (TPSA) is 87.4 Å². The van der Waals surface area contributed by atoms with E-state index in [0.717, 1.165) is 18.5 Å². The molecule has 6 nitrogen and oxygen atoms in total. The van der Waals surface area contributed by atoms with E-state index in [0.29, 0.717) is 10.9 Å². The van der Waals surface area contributed by atoms with Crippen LogP contribution < -0.4 is 5.32 Å². The van der Waals surface area contributed by atoms with Crippen LogP contribution in [0.4, 0.5) is 5.69 Å². The highest BCUT2D eigenvalue weighted by atomic mass is 35.5. The minimum atomic E-state index is -1.46. The number of carbonyl (C=O) groups excluding carboxylic acids is 1. The van der Waals surface area contributed by atoms with E-state index in [1.807, 2.05) is 11.5 Å². The van der Waals surface area contributed by atoms with Gasteiger partial charge in [0.1, 0.15) is 5.75 Å². The molecule has 0 radical (unpaired) electrons. The number of nitrogens with one attached hydrogen (secondary N) is 1. The molecule has 0 aliphatic carbocycles. The van der Waals surface area contributed by atoms with Crippen molar-refractivity contribution in [2.24, 2.45) is 0 Å². The lowest BCUT2D eigenvalue weighted by Gasteiger charge is -2.13. The number of anilines is 1. The highest BCUT2D eigenvalue weighted by Gasteiger charge is 2.24. The molecule has 136 valence electrons. The molecule has 1 amide bonds. The Kier molecular flexibility index (Phi) is 5.36. The van der Waals surface area contributed by atoms with Gasteiger partial charge in [0.15, 0.2) is 6.10 Å². The fraction of sp³-hybridized carbons (Fsp3) is 0.222. The summed E-state index contributed by atoms with van der Waals surface area (Å²) in [5, 5.41) is 23.9. The van der Waals surface area contributed by atoms with Crippen LogP contribution in [-0.2, 0) is 11.3 Å². The number of benzene rings is 1. The third kappa shape index (κ3) is 3.49. The molecule has 1 aromatic carbocycles. The number of hydrogen-bond acceptors (Lipinski definition) is 4. The maximum atomic E-state index is 12.5. The van der Waals surface area contributed by atoms with Crippen LogP contribution in [0.25, 0.3) is 10.9 Å². The van der Waals surface area contributed by atoms with Gasteiger partial charge in [-0.05, 0) is 24.6 Å². The molecule has 0 fully saturated rings. The molecule has 1 atom stereocenters. The van der Waals surface area contributed by atoms with Crippen LogP contribution in [0.5, 0.6) is 5.75 Å². The van der Waals surface area contributed by atoms with Crippen LogP contribution in [0.2, 0.25) is 10.0 Å². The lowest BCUT2D eigenvalue weighted by atomic mass is 10.1. The first-order chi connectivity index (χ1) is 12.4. The molecule has 8 heteroatoms. The number of halogens is 2. The maximum Gasteiger partial charge on any atom is 0.258 e.